The first-order valence-corrected chi connectivity index (χ1v) is 9.83. The van der Waals surface area contributed by atoms with Crippen molar-refractivity contribution in [2.45, 2.75) is 19.9 Å². The van der Waals surface area contributed by atoms with E-state index >= 15 is 0 Å². The summed E-state index contributed by atoms with van der Waals surface area (Å²) in [6.45, 7) is 3.73. The number of thioether (sulfide) groups is 1. The summed E-state index contributed by atoms with van der Waals surface area (Å²) in [4.78, 5) is 28.9. The number of allylic oxidation sites excluding steroid dienone is 1. The third kappa shape index (κ3) is 4.61. The molecule has 3 rings (SSSR count). The van der Waals surface area contributed by atoms with Gasteiger partial charge in [0.2, 0.25) is 11.8 Å². The van der Waals surface area contributed by atoms with Crippen LogP contribution in [-0.4, -0.2) is 22.7 Å². The fraction of sp³-hybridized carbons (Fsp3) is 0.190. The van der Waals surface area contributed by atoms with Gasteiger partial charge in [0, 0.05) is 11.4 Å². The molecule has 0 unspecified atom stereocenters. The Balaban J connectivity index is 1.73. The number of hydrogen-bond acceptors (Lipinski definition) is 5. The van der Waals surface area contributed by atoms with Gasteiger partial charge in [0.15, 0.2) is 5.17 Å². The molecule has 4 N–H and O–H groups in total. The minimum absolute atomic E-state index is 0.123. The summed E-state index contributed by atoms with van der Waals surface area (Å²) in [7, 11) is 0. The first-order chi connectivity index (χ1) is 13.5. The maximum atomic E-state index is 12.3. The summed E-state index contributed by atoms with van der Waals surface area (Å²) < 4.78 is 0. The summed E-state index contributed by atoms with van der Waals surface area (Å²) in [5.74, 6) is -0.438. The van der Waals surface area contributed by atoms with Crippen LogP contribution in [0.1, 0.15) is 24.1 Å². The van der Waals surface area contributed by atoms with Crippen LogP contribution in [0, 0.1) is 6.92 Å². The lowest BCUT2D eigenvalue weighted by atomic mass is 9.96. The molecule has 0 aliphatic carbocycles. The molecule has 0 fully saturated rings. The maximum Gasteiger partial charge on any atom is 0.248 e. The number of amidine groups is 1. The second kappa shape index (κ2) is 8.75. The number of nitrogens with zero attached hydrogens (tertiary/aromatic N) is 1. The summed E-state index contributed by atoms with van der Waals surface area (Å²) in [6, 6.07) is 16.6. The van der Waals surface area contributed by atoms with Gasteiger partial charge in [-0.25, -0.2) is 4.99 Å². The van der Waals surface area contributed by atoms with Crippen LogP contribution in [0.15, 0.2) is 70.9 Å². The Hall–Kier alpha value is -3.06. The van der Waals surface area contributed by atoms with Gasteiger partial charge in [-0.05, 0) is 31.0 Å². The number of carbonyl (C=O) groups excluding carboxylic acids is 2. The lowest BCUT2D eigenvalue weighted by Gasteiger charge is -2.25. The van der Waals surface area contributed by atoms with Crippen molar-refractivity contribution in [3.8, 4) is 0 Å². The molecule has 0 saturated heterocycles. The highest BCUT2D eigenvalue weighted by molar-refractivity contribution is 8.14. The lowest BCUT2D eigenvalue weighted by Crippen LogP contribution is -2.33. The van der Waals surface area contributed by atoms with Gasteiger partial charge in [0.05, 0.1) is 11.3 Å². The number of amides is 2. The molecule has 1 aliphatic rings. The van der Waals surface area contributed by atoms with Crippen molar-refractivity contribution in [1.82, 2.24) is 5.32 Å². The minimum Gasteiger partial charge on any atom is -0.366 e. The summed E-state index contributed by atoms with van der Waals surface area (Å²) >= 11 is 1.29. The first kappa shape index (κ1) is 19.7. The molecule has 0 bridgehead atoms. The van der Waals surface area contributed by atoms with Gasteiger partial charge in [-0.15, -0.1) is 0 Å². The smallest absolute Gasteiger partial charge is 0.248 e. The molecule has 1 aliphatic heterocycles. The van der Waals surface area contributed by atoms with Crippen LogP contribution in [-0.2, 0) is 9.59 Å². The first-order valence-electron chi connectivity index (χ1n) is 8.84. The van der Waals surface area contributed by atoms with Gasteiger partial charge in [-0.2, -0.15) is 0 Å². The molecular formula is C21H22N4O2S. The zero-order chi connectivity index (χ0) is 20.1. The van der Waals surface area contributed by atoms with E-state index in [-0.39, 0.29) is 11.7 Å². The molecule has 28 heavy (non-hydrogen) atoms. The molecule has 0 saturated carbocycles. The zero-order valence-electron chi connectivity index (χ0n) is 15.7. The highest BCUT2D eigenvalue weighted by Crippen LogP contribution is 2.31. The van der Waals surface area contributed by atoms with Crippen LogP contribution in [0.5, 0.6) is 0 Å². The Morgan fingerprint density at radius 3 is 2.46 bits per heavy atom. The lowest BCUT2D eigenvalue weighted by molar-refractivity contribution is -0.115. The molecular weight excluding hydrogens is 372 g/mol. The van der Waals surface area contributed by atoms with Crippen molar-refractivity contribution in [1.29, 1.82) is 0 Å². The number of primary amides is 1. The van der Waals surface area contributed by atoms with E-state index in [1.54, 1.807) is 6.92 Å². The molecule has 1 heterocycles. The summed E-state index contributed by atoms with van der Waals surface area (Å²) in [6.07, 6.45) is 0. The molecule has 2 aromatic rings. The number of rotatable bonds is 5. The van der Waals surface area contributed by atoms with E-state index in [2.05, 4.69) is 15.6 Å². The molecule has 0 spiro atoms. The van der Waals surface area contributed by atoms with Gasteiger partial charge in [0.1, 0.15) is 6.04 Å². The summed E-state index contributed by atoms with van der Waals surface area (Å²) in [5, 5.41) is 6.57. The van der Waals surface area contributed by atoms with Gasteiger partial charge in [-0.1, -0.05) is 60.3 Å². The van der Waals surface area contributed by atoms with E-state index in [0.717, 1.165) is 16.8 Å². The van der Waals surface area contributed by atoms with Crippen molar-refractivity contribution in [3.05, 3.63) is 77.0 Å². The molecule has 2 aromatic carbocycles. The number of anilines is 1. The molecule has 144 valence electrons. The second-order valence-electron chi connectivity index (χ2n) is 6.43. The quantitative estimate of drug-likeness (QED) is 0.726. The fourth-order valence-corrected chi connectivity index (χ4v) is 3.69. The van der Waals surface area contributed by atoms with E-state index in [1.807, 2.05) is 61.5 Å². The number of aliphatic imine (C=N–C) groups is 1. The SMILES string of the molecule is CC1=C(C(N)=O)[C@H](c2ccccc2)N=C(SCC(=O)Nc2ccccc2C)N1. The van der Waals surface area contributed by atoms with Crippen LogP contribution in [0.4, 0.5) is 5.69 Å². The normalized spacial score (nSPS) is 16.2. The van der Waals surface area contributed by atoms with E-state index in [0.29, 0.717) is 16.4 Å². The van der Waals surface area contributed by atoms with Crippen molar-refractivity contribution in [2.75, 3.05) is 11.1 Å². The standard InChI is InChI=1S/C21H22N4O2S/c1-13-8-6-7-11-16(13)24-17(26)12-28-21-23-14(2)18(20(22)27)19(25-21)15-9-4-3-5-10-15/h3-11,19H,12H2,1-2H3,(H2,22,27)(H,23,25)(H,24,26)/t19-/m0/s1. The third-order valence-electron chi connectivity index (χ3n) is 4.36. The largest absolute Gasteiger partial charge is 0.366 e. The van der Waals surface area contributed by atoms with Crippen LogP contribution < -0.4 is 16.4 Å². The van der Waals surface area contributed by atoms with Gasteiger partial charge in [-0.3, -0.25) is 9.59 Å². The number of aryl methyl sites for hydroxylation is 1. The van der Waals surface area contributed by atoms with Crippen LogP contribution >= 0.6 is 11.8 Å². The van der Waals surface area contributed by atoms with Gasteiger partial charge < -0.3 is 16.4 Å². The fourth-order valence-electron chi connectivity index (χ4n) is 2.95. The molecule has 6 nitrogen and oxygen atoms in total. The van der Waals surface area contributed by atoms with Crippen LogP contribution in [0.2, 0.25) is 0 Å². The molecule has 0 radical (unpaired) electrons. The van der Waals surface area contributed by atoms with E-state index in [9.17, 15) is 9.59 Å². The predicted octanol–water partition coefficient (Wildman–Crippen LogP) is 3.13. The average molecular weight is 395 g/mol. The van der Waals surface area contributed by atoms with Crippen molar-refractivity contribution in [2.24, 2.45) is 10.7 Å². The van der Waals surface area contributed by atoms with Gasteiger partial charge >= 0.3 is 0 Å². The number of nitrogens with two attached hydrogens (primary N) is 1. The van der Waals surface area contributed by atoms with Crippen molar-refractivity contribution >= 4 is 34.4 Å². The number of hydrogen-bond donors (Lipinski definition) is 3. The van der Waals surface area contributed by atoms with Crippen LogP contribution in [0.25, 0.3) is 0 Å². The minimum atomic E-state index is -0.510. The monoisotopic (exact) mass is 394 g/mol. The number of carbonyl (C=O) groups is 2. The van der Waals surface area contributed by atoms with Crippen molar-refractivity contribution in [3.63, 3.8) is 0 Å². The maximum absolute atomic E-state index is 12.3. The third-order valence-corrected chi connectivity index (χ3v) is 5.25. The van der Waals surface area contributed by atoms with E-state index in [4.69, 9.17) is 5.73 Å². The number of nitrogens with one attached hydrogen (secondary N) is 2. The molecule has 1 atom stereocenters. The van der Waals surface area contributed by atoms with E-state index in [1.165, 1.54) is 11.8 Å². The highest BCUT2D eigenvalue weighted by Gasteiger charge is 2.28. The van der Waals surface area contributed by atoms with Crippen LogP contribution in [0.3, 0.4) is 0 Å². The topological polar surface area (TPSA) is 96.6 Å². The average Bonchev–Trinajstić information content (AvgIpc) is 2.68. The highest BCUT2D eigenvalue weighted by atomic mass is 32.2. The van der Waals surface area contributed by atoms with Crippen molar-refractivity contribution < 1.29 is 9.59 Å². The molecule has 2 amide bonds. The Kier molecular flexibility index (Phi) is 6.16. The Morgan fingerprint density at radius 2 is 1.79 bits per heavy atom. The molecule has 0 aromatic heterocycles. The number of benzene rings is 2. The number of para-hydroxylation sites is 1. The Bertz CT molecular complexity index is 954. The van der Waals surface area contributed by atoms with Gasteiger partial charge in [0.25, 0.3) is 0 Å². The summed E-state index contributed by atoms with van der Waals surface area (Å²) in [5.41, 5.74) is 9.33. The molecule has 7 heteroatoms. The predicted molar refractivity (Wildman–Crippen MR) is 114 cm³/mol. The second-order valence-corrected chi connectivity index (χ2v) is 7.39. The Labute approximate surface area is 168 Å². The Morgan fingerprint density at radius 1 is 1.11 bits per heavy atom. The van der Waals surface area contributed by atoms with E-state index < -0.39 is 11.9 Å². The zero-order valence-corrected chi connectivity index (χ0v) is 16.5.